The zero-order valence-corrected chi connectivity index (χ0v) is 11.6. The topological polar surface area (TPSA) is 41.1 Å². The molecule has 0 saturated heterocycles. The molecule has 2 aromatic rings. The van der Waals surface area contributed by atoms with E-state index in [9.17, 15) is 9.18 Å². The van der Waals surface area contributed by atoms with Gasteiger partial charge in [-0.2, -0.15) is 0 Å². The van der Waals surface area contributed by atoms with Gasteiger partial charge in [0.15, 0.2) is 0 Å². The van der Waals surface area contributed by atoms with Gasteiger partial charge in [0.2, 0.25) is 0 Å². The summed E-state index contributed by atoms with van der Waals surface area (Å²) >= 11 is 0. The first-order valence-corrected chi connectivity index (χ1v) is 6.49. The van der Waals surface area contributed by atoms with Gasteiger partial charge >= 0.3 is 6.03 Å². The Morgan fingerprint density at radius 3 is 2.43 bits per heavy atom. The predicted molar refractivity (Wildman–Crippen MR) is 81.5 cm³/mol. The van der Waals surface area contributed by atoms with E-state index in [-0.39, 0.29) is 18.4 Å². The van der Waals surface area contributed by atoms with Crippen LogP contribution in [0.1, 0.15) is 11.1 Å². The van der Waals surface area contributed by atoms with Crippen molar-refractivity contribution in [2.45, 2.75) is 6.92 Å². The third kappa shape index (κ3) is 5.00. The first-order valence-electron chi connectivity index (χ1n) is 6.49. The van der Waals surface area contributed by atoms with Gasteiger partial charge in [-0.15, -0.1) is 0 Å². The van der Waals surface area contributed by atoms with Crippen molar-refractivity contribution >= 4 is 11.7 Å². The molecule has 0 spiro atoms. The van der Waals surface area contributed by atoms with Gasteiger partial charge in [-0.05, 0) is 43.3 Å². The summed E-state index contributed by atoms with van der Waals surface area (Å²) in [5.74, 6) is 5.35. The van der Waals surface area contributed by atoms with Gasteiger partial charge in [-0.25, -0.2) is 9.18 Å². The number of carbonyl (C=O) groups is 1. The maximum atomic E-state index is 12.7. The Kier molecular flexibility index (Phi) is 4.94. The fraction of sp³-hybridized carbons (Fsp3) is 0.118. The second-order valence-corrected chi connectivity index (χ2v) is 4.48. The van der Waals surface area contributed by atoms with E-state index in [1.807, 2.05) is 31.2 Å². The van der Waals surface area contributed by atoms with Gasteiger partial charge in [0.05, 0.1) is 6.54 Å². The van der Waals surface area contributed by atoms with Crippen LogP contribution in [-0.4, -0.2) is 12.6 Å². The van der Waals surface area contributed by atoms with Crippen LogP contribution >= 0.6 is 0 Å². The van der Waals surface area contributed by atoms with E-state index in [1.54, 1.807) is 12.1 Å². The van der Waals surface area contributed by atoms with Crippen LogP contribution < -0.4 is 10.6 Å². The van der Waals surface area contributed by atoms with E-state index < -0.39 is 0 Å². The van der Waals surface area contributed by atoms with Crippen LogP contribution in [0, 0.1) is 24.6 Å². The number of carbonyl (C=O) groups excluding carboxylic acids is 1. The molecule has 0 aliphatic rings. The Labute approximate surface area is 123 Å². The van der Waals surface area contributed by atoms with Crippen molar-refractivity contribution in [2.24, 2.45) is 0 Å². The maximum absolute atomic E-state index is 12.7. The molecule has 0 saturated carbocycles. The molecule has 4 heteroatoms. The number of nitrogens with one attached hydrogen (secondary N) is 2. The van der Waals surface area contributed by atoms with Gasteiger partial charge in [0.1, 0.15) is 5.82 Å². The lowest BCUT2D eigenvalue weighted by Crippen LogP contribution is -2.28. The lowest BCUT2D eigenvalue weighted by molar-refractivity contribution is 0.253. The first-order chi connectivity index (χ1) is 10.1. The lowest BCUT2D eigenvalue weighted by Gasteiger charge is -2.05. The molecule has 0 radical (unpaired) electrons. The minimum atomic E-state index is -0.313. The van der Waals surface area contributed by atoms with Crippen LogP contribution in [0.5, 0.6) is 0 Å². The van der Waals surface area contributed by atoms with Crippen LogP contribution in [0.15, 0.2) is 48.5 Å². The summed E-state index contributed by atoms with van der Waals surface area (Å²) < 4.78 is 12.7. The lowest BCUT2D eigenvalue weighted by atomic mass is 10.2. The normalized spacial score (nSPS) is 9.43. The molecule has 0 atom stereocenters. The zero-order chi connectivity index (χ0) is 15.1. The molecule has 0 aliphatic carbocycles. The van der Waals surface area contributed by atoms with Crippen LogP contribution in [0.2, 0.25) is 0 Å². The number of rotatable bonds is 2. The van der Waals surface area contributed by atoms with E-state index in [0.717, 1.165) is 11.3 Å². The van der Waals surface area contributed by atoms with Crippen LogP contribution in [0.3, 0.4) is 0 Å². The molecule has 0 aliphatic heterocycles. The molecule has 106 valence electrons. The molecule has 3 nitrogen and oxygen atoms in total. The fourth-order valence-corrected chi connectivity index (χ4v) is 1.62. The second kappa shape index (κ2) is 7.11. The van der Waals surface area contributed by atoms with Gasteiger partial charge in [-0.3, -0.25) is 0 Å². The van der Waals surface area contributed by atoms with Crippen LogP contribution in [0.4, 0.5) is 14.9 Å². The summed E-state index contributed by atoms with van der Waals surface area (Å²) in [6.45, 7) is 2.20. The summed E-state index contributed by atoms with van der Waals surface area (Å²) in [7, 11) is 0. The molecule has 2 N–H and O–H groups in total. The fourth-order valence-electron chi connectivity index (χ4n) is 1.62. The van der Waals surface area contributed by atoms with Crippen molar-refractivity contribution in [1.82, 2.24) is 5.32 Å². The average Bonchev–Trinajstić information content (AvgIpc) is 2.48. The molecule has 2 amide bonds. The van der Waals surface area contributed by atoms with Gasteiger partial charge < -0.3 is 10.6 Å². The molecule has 21 heavy (non-hydrogen) atoms. The predicted octanol–water partition coefficient (Wildman–Crippen LogP) is 3.31. The van der Waals surface area contributed by atoms with Gasteiger partial charge in [0.25, 0.3) is 0 Å². The highest BCUT2D eigenvalue weighted by molar-refractivity contribution is 5.89. The minimum Gasteiger partial charge on any atom is -0.327 e. The summed E-state index contributed by atoms with van der Waals surface area (Å²) in [4.78, 5) is 11.6. The number of amides is 2. The Hall–Kier alpha value is -2.80. The molecule has 0 heterocycles. The molecule has 2 rings (SSSR count). The van der Waals surface area contributed by atoms with Crippen LogP contribution in [0.25, 0.3) is 0 Å². The summed E-state index contributed by atoms with van der Waals surface area (Å²) in [6, 6.07) is 13.1. The van der Waals surface area contributed by atoms with E-state index in [0.29, 0.717) is 5.56 Å². The number of urea groups is 1. The van der Waals surface area contributed by atoms with Crippen LogP contribution in [-0.2, 0) is 0 Å². The van der Waals surface area contributed by atoms with E-state index in [2.05, 4.69) is 22.5 Å². The standard InChI is InChI=1S/C17H15FN2O/c1-13-4-10-16(11-5-13)20-17(21)19-12-2-3-14-6-8-15(18)9-7-14/h4-11H,12H2,1H3,(H2,19,20,21). The van der Waals surface area contributed by atoms with Gasteiger partial charge in [0, 0.05) is 11.3 Å². The Morgan fingerprint density at radius 2 is 1.76 bits per heavy atom. The Morgan fingerprint density at radius 1 is 1.10 bits per heavy atom. The highest BCUT2D eigenvalue weighted by Gasteiger charge is 1.98. The quantitative estimate of drug-likeness (QED) is 0.815. The smallest absolute Gasteiger partial charge is 0.319 e. The number of hydrogen-bond donors (Lipinski definition) is 2. The van der Waals surface area contributed by atoms with Gasteiger partial charge in [-0.1, -0.05) is 29.5 Å². The summed E-state index contributed by atoms with van der Waals surface area (Å²) in [6.07, 6.45) is 0. The Balaban J connectivity index is 1.79. The van der Waals surface area contributed by atoms with Crippen molar-refractivity contribution in [3.63, 3.8) is 0 Å². The highest BCUT2D eigenvalue weighted by Crippen LogP contribution is 2.07. The third-order valence-electron chi connectivity index (χ3n) is 2.72. The highest BCUT2D eigenvalue weighted by atomic mass is 19.1. The molecule has 0 aromatic heterocycles. The maximum Gasteiger partial charge on any atom is 0.319 e. The molecule has 0 bridgehead atoms. The van der Waals surface area contributed by atoms with Crippen molar-refractivity contribution in [3.05, 3.63) is 65.5 Å². The van der Waals surface area contributed by atoms with Crippen molar-refractivity contribution in [2.75, 3.05) is 11.9 Å². The van der Waals surface area contributed by atoms with E-state index in [1.165, 1.54) is 12.1 Å². The molecular weight excluding hydrogens is 267 g/mol. The van der Waals surface area contributed by atoms with Crippen molar-refractivity contribution in [1.29, 1.82) is 0 Å². The monoisotopic (exact) mass is 282 g/mol. The molecule has 0 unspecified atom stereocenters. The van der Waals surface area contributed by atoms with E-state index in [4.69, 9.17) is 0 Å². The number of hydrogen-bond acceptors (Lipinski definition) is 1. The molecule has 2 aromatic carbocycles. The number of benzene rings is 2. The van der Waals surface area contributed by atoms with Crippen molar-refractivity contribution < 1.29 is 9.18 Å². The number of halogens is 1. The molecule has 0 fully saturated rings. The minimum absolute atomic E-state index is 0.217. The summed E-state index contributed by atoms with van der Waals surface area (Å²) in [5.41, 5.74) is 2.56. The summed E-state index contributed by atoms with van der Waals surface area (Å²) in [5, 5.41) is 5.34. The SMILES string of the molecule is Cc1ccc(NC(=O)NCC#Cc2ccc(F)cc2)cc1. The van der Waals surface area contributed by atoms with Crippen molar-refractivity contribution in [3.8, 4) is 11.8 Å². The molecular formula is C17H15FN2O. The van der Waals surface area contributed by atoms with E-state index >= 15 is 0 Å². The first kappa shape index (κ1) is 14.6. The number of anilines is 1. The second-order valence-electron chi connectivity index (χ2n) is 4.48. The number of aryl methyl sites for hydroxylation is 1. The largest absolute Gasteiger partial charge is 0.327 e. The third-order valence-corrected chi connectivity index (χ3v) is 2.72. The average molecular weight is 282 g/mol. The zero-order valence-electron chi connectivity index (χ0n) is 11.6. The Bertz CT molecular complexity index is 667.